The zero-order chi connectivity index (χ0) is 27.7. The second-order valence-corrected chi connectivity index (χ2v) is 9.28. The summed E-state index contributed by atoms with van der Waals surface area (Å²) in [6, 6.07) is 18.5. The molecule has 0 radical (unpaired) electrons. The van der Waals surface area contributed by atoms with Gasteiger partial charge in [0.15, 0.2) is 0 Å². The van der Waals surface area contributed by atoms with Crippen molar-refractivity contribution >= 4 is 52.2 Å². The predicted octanol–water partition coefficient (Wildman–Crippen LogP) is 6.49. The highest BCUT2D eigenvalue weighted by atomic mass is 35.5. The van der Waals surface area contributed by atoms with E-state index >= 15 is 0 Å². The van der Waals surface area contributed by atoms with Gasteiger partial charge in [-0.15, -0.1) is 0 Å². The minimum atomic E-state index is -0.994. The van der Waals surface area contributed by atoms with Gasteiger partial charge >= 0.3 is 5.97 Å². The summed E-state index contributed by atoms with van der Waals surface area (Å²) in [7, 11) is 0. The Labute approximate surface area is 230 Å². The first-order valence-electron chi connectivity index (χ1n) is 11.7. The summed E-state index contributed by atoms with van der Waals surface area (Å²) in [4.78, 5) is 22.8. The van der Waals surface area contributed by atoms with E-state index in [1.165, 1.54) is 12.1 Å². The molecule has 198 valence electrons. The summed E-state index contributed by atoms with van der Waals surface area (Å²) in [5, 5.41) is 23.9. The van der Waals surface area contributed by atoms with Crippen LogP contribution in [-0.2, 0) is 4.79 Å². The molecule has 0 bridgehead atoms. The molecule has 3 rings (SSSR count). The molecule has 0 aliphatic heterocycles. The Balaban J connectivity index is 1.79. The summed E-state index contributed by atoms with van der Waals surface area (Å²) in [5.74, 6) is -0.509. The lowest BCUT2D eigenvalue weighted by Crippen LogP contribution is -2.25. The van der Waals surface area contributed by atoms with Gasteiger partial charge in [-0.1, -0.05) is 35.3 Å². The van der Waals surface area contributed by atoms with Crippen LogP contribution in [0.15, 0.2) is 72.9 Å². The second kappa shape index (κ2) is 13.5. The van der Waals surface area contributed by atoms with Gasteiger partial charge in [0.1, 0.15) is 11.5 Å². The molecule has 0 saturated carbocycles. The van der Waals surface area contributed by atoms with Gasteiger partial charge in [0, 0.05) is 34.0 Å². The number of carbonyl (C=O) groups is 2. The number of anilines is 1. The minimum absolute atomic E-state index is 0.0222. The van der Waals surface area contributed by atoms with E-state index in [1.54, 1.807) is 36.5 Å². The number of benzene rings is 3. The van der Waals surface area contributed by atoms with E-state index in [0.717, 1.165) is 0 Å². The lowest BCUT2D eigenvalue weighted by molar-refractivity contribution is -0.136. The van der Waals surface area contributed by atoms with E-state index in [2.05, 4.69) is 10.6 Å². The van der Waals surface area contributed by atoms with Crippen molar-refractivity contribution < 1.29 is 24.2 Å². The van der Waals surface area contributed by atoms with Gasteiger partial charge in [-0.3, -0.25) is 15.0 Å². The van der Waals surface area contributed by atoms with Crippen LogP contribution in [0.3, 0.4) is 0 Å². The van der Waals surface area contributed by atoms with Crippen molar-refractivity contribution in [2.45, 2.75) is 26.4 Å². The van der Waals surface area contributed by atoms with Crippen LogP contribution < -0.4 is 20.1 Å². The van der Waals surface area contributed by atoms with Crippen molar-refractivity contribution in [1.82, 2.24) is 5.32 Å². The fourth-order valence-electron chi connectivity index (χ4n) is 3.29. The number of halogens is 2. The topological polar surface area (TPSA) is 121 Å². The maximum Gasteiger partial charge on any atom is 0.305 e. The van der Waals surface area contributed by atoms with Crippen LogP contribution in [0.5, 0.6) is 11.5 Å². The summed E-state index contributed by atoms with van der Waals surface area (Å²) in [6.45, 7) is 3.90. The van der Waals surface area contributed by atoms with Crippen LogP contribution in [0.25, 0.3) is 5.57 Å². The maximum absolute atomic E-state index is 12.2. The molecule has 1 amide bonds. The van der Waals surface area contributed by atoms with E-state index in [9.17, 15) is 9.59 Å². The number of rotatable bonds is 11. The number of amides is 1. The molecule has 0 aromatic heterocycles. The molecule has 0 atom stereocenters. The highest BCUT2D eigenvalue weighted by Gasteiger charge is 2.13. The van der Waals surface area contributed by atoms with Gasteiger partial charge in [-0.25, -0.2) is 0 Å². The van der Waals surface area contributed by atoms with E-state index in [0.29, 0.717) is 43.9 Å². The molecule has 0 aliphatic rings. The van der Waals surface area contributed by atoms with Gasteiger partial charge in [0.25, 0.3) is 5.91 Å². The standard InChI is InChI=1S/C28H27Cl2N3O5/c1-17(2)37-23-7-3-18(4-8-23)25(16-33-22-14-20(29)13-21(30)15-22)27(31)38-24-9-5-19(6-10-24)28(36)32-12-11-26(34)35/h3-10,13-17,31,33H,11-12H2,1-2H3,(H,32,36)(H,34,35)/b25-16-,31-27?. The number of hydrogen-bond donors (Lipinski definition) is 4. The molecular formula is C28H27Cl2N3O5. The molecule has 3 aromatic carbocycles. The Morgan fingerprint density at radius 1 is 0.947 bits per heavy atom. The van der Waals surface area contributed by atoms with E-state index in [-0.39, 0.29) is 25.0 Å². The summed E-state index contributed by atoms with van der Waals surface area (Å²) in [5.41, 5.74) is 2.10. The van der Waals surface area contributed by atoms with Crippen LogP contribution in [0.2, 0.25) is 10.0 Å². The zero-order valence-electron chi connectivity index (χ0n) is 20.8. The molecule has 0 spiro atoms. The lowest BCUT2D eigenvalue weighted by atomic mass is 10.1. The summed E-state index contributed by atoms with van der Waals surface area (Å²) >= 11 is 12.2. The smallest absolute Gasteiger partial charge is 0.305 e. The number of aliphatic carboxylic acids is 1. The van der Waals surface area contributed by atoms with Crippen LogP contribution >= 0.6 is 23.2 Å². The van der Waals surface area contributed by atoms with Crippen LogP contribution in [0.4, 0.5) is 5.69 Å². The van der Waals surface area contributed by atoms with Crippen LogP contribution in [-0.4, -0.2) is 35.5 Å². The van der Waals surface area contributed by atoms with E-state index in [4.69, 9.17) is 43.2 Å². The molecule has 4 N–H and O–H groups in total. The van der Waals surface area contributed by atoms with Gasteiger partial charge in [-0.05, 0) is 74.0 Å². The number of carboxylic acids is 1. The average molecular weight is 556 g/mol. The molecule has 38 heavy (non-hydrogen) atoms. The Hall–Kier alpha value is -4.01. The maximum atomic E-state index is 12.2. The Kier molecular flexibility index (Phi) is 10.2. The highest BCUT2D eigenvalue weighted by Crippen LogP contribution is 2.26. The van der Waals surface area contributed by atoms with Gasteiger partial charge in [-0.2, -0.15) is 0 Å². The zero-order valence-corrected chi connectivity index (χ0v) is 22.3. The number of carbonyl (C=O) groups excluding carboxylic acids is 1. The number of hydrogen-bond acceptors (Lipinski definition) is 6. The van der Waals surface area contributed by atoms with Gasteiger partial charge in [0.2, 0.25) is 5.90 Å². The molecule has 0 heterocycles. The molecule has 0 fully saturated rings. The highest BCUT2D eigenvalue weighted by molar-refractivity contribution is 6.35. The fraction of sp³-hybridized carbons (Fsp3) is 0.179. The first kappa shape index (κ1) is 28.6. The van der Waals surface area contributed by atoms with E-state index in [1.807, 2.05) is 38.1 Å². The summed E-state index contributed by atoms with van der Waals surface area (Å²) < 4.78 is 11.5. The quantitative estimate of drug-likeness (QED) is 0.158. The number of carboxylic acid groups (broad SMARTS) is 1. The second-order valence-electron chi connectivity index (χ2n) is 8.41. The molecule has 0 aliphatic carbocycles. The third-order valence-corrected chi connectivity index (χ3v) is 5.42. The monoisotopic (exact) mass is 555 g/mol. The van der Waals surface area contributed by atoms with Crippen molar-refractivity contribution in [2.75, 3.05) is 11.9 Å². The molecule has 3 aromatic rings. The summed E-state index contributed by atoms with van der Waals surface area (Å²) in [6.07, 6.45) is 1.47. The lowest BCUT2D eigenvalue weighted by Gasteiger charge is -2.14. The first-order chi connectivity index (χ1) is 18.1. The molecule has 10 heteroatoms. The largest absolute Gasteiger partial charge is 0.491 e. The van der Waals surface area contributed by atoms with Crippen LogP contribution in [0.1, 0.15) is 36.2 Å². The van der Waals surface area contributed by atoms with Crippen molar-refractivity contribution in [3.8, 4) is 11.5 Å². The van der Waals surface area contributed by atoms with Crippen molar-refractivity contribution in [2.24, 2.45) is 0 Å². The normalized spacial score (nSPS) is 11.1. The van der Waals surface area contributed by atoms with Gasteiger partial charge < -0.3 is 25.2 Å². The van der Waals surface area contributed by atoms with Crippen molar-refractivity contribution in [1.29, 1.82) is 5.41 Å². The number of ether oxygens (including phenoxy) is 2. The van der Waals surface area contributed by atoms with Crippen molar-refractivity contribution in [3.05, 3.63) is 94.1 Å². The minimum Gasteiger partial charge on any atom is -0.491 e. The van der Waals surface area contributed by atoms with Crippen LogP contribution in [0, 0.1) is 5.41 Å². The molecule has 0 saturated heterocycles. The van der Waals surface area contributed by atoms with E-state index < -0.39 is 11.9 Å². The Morgan fingerprint density at radius 2 is 1.53 bits per heavy atom. The predicted molar refractivity (Wildman–Crippen MR) is 150 cm³/mol. The Bertz CT molecular complexity index is 1300. The van der Waals surface area contributed by atoms with Crippen molar-refractivity contribution in [3.63, 3.8) is 0 Å². The molecular weight excluding hydrogens is 529 g/mol. The SMILES string of the molecule is CC(C)Oc1ccc(/C(=C/Nc2cc(Cl)cc(Cl)c2)C(=N)Oc2ccc(C(=O)NCCC(=O)O)cc2)cc1. The number of nitrogens with one attached hydrogen (secondary N) is 3. The molecule has 0 unspecified atom stereocenters. The third kappa shape index (κ3) is 8.83. The third-order valence-electron chi connectivity index (χ3n) is 4.99. The fourth-order valence-corrected chi connectivity index (χ4v) is 3.82. The first-order valence-corrected chi connectivity index (χ1v) is 12.4. The van der Waals surface area contributed by atoms with Gasteiger partial charge in [0.05, 0.1) is 18.1 Å². The Morgan fingerprint density at radius 3 is 2.11 bits per heavy atom. The molecule has 8 nitrogen and oxygen atoms in total. The average Bonchev–Trinajstić information content (AvgIpc) is 2.84.